The van der Waals surface area contributed by atoms with Crippen molar-refractivity contribution in [3.63, 3.8) is 0 Å². The highest BCUT2D eigenvalue weighted by Crippen LogP contribution is 2.21. The van der Waals surface area contributed by atoms with Crippen LogP contribution in [0.3, 0.4) is 0 Å². The van der Waals surface area contributed by atoms with Crippen molar-refractivity contribution < 1.29 is 27.4 Å². The van der Waals surface area contributed by atoms with Gasteiger partial charge in [-0.1, -0.05) is 18.2 Å². The number of hydrogen-bond acceptors (Lipinski definition) is 7. The van der Waals surface area contributed by atoms with Crippen molar-refractivity contribution in [3.05, 3.63) is 42.0 Å². The summed E-state index contributed by atoms with van der Waals surface area (Å²) in [5.41, 5.74) is 0.724. The number of halogens is 1. The Labute approximate surface area is 199 Å². The van der Waals surface area contributed by atoms with Gasteiger partial charge in [-0.25, -0.2) is 17.5 Å². The summed E-state index contributed by atoms with van der Waals surface area (Å²) in [6, 6.07) is 4.45. The summed E-state index contributed by atoms with van der Waals surface area (Å²) >= 11 is 0. The van der Waals surface area contributed by atoms with Crippen LogP contribution in [0.4, 0.5) is 4.39 Å². The van der Waals surface area contributed by atoms with E-state index in [0.29, 0.717) is 13.0 Å². The summed E-state index contributed by atoms with van der Waals surface area (Å²) < 4.78 is 48.7. The van der Waals surface area contributed by atoms with Crippen molar-refractivity contribution in [2.75, 3.05) is 26.7 Å². The number of carbonyl (C=O) groups excluding carboxylic acids is 1. The Morgan fingerprint density at radius 1 is 1.38 bits per heavy atom. The van der Waals surface area contributed by atoms with Crippen LogP contribution >= 0.6 is 0 Å². The first-order valence-electron chi connectivity index (χ1n) is 11.2. The number of benzene rings is 1. The average molecular weight is 498 g/mol. The minimum absolute atomic E-state index is 0.0168. The van der Waals surface area contributed by atoms with Gasteiger partial charge in [-0.05, 0) is 31.5 Å². The first-order valence-corrected chi connectivity index (χ1v) is 12.7. The molecular formula is C22H32FN5O5S. The lowest BCUT2D eigenvalue weighted by molar-refractivity contribution is -0.136. The Hall–Kier alpha value is -2.41. The Balaban J connectivity index is 1.87. The van der Waals surface area contributed by atoms with Crippen LogP contribution in [0.25, 0.3) is 0 Å². The molecule has 0 aliphatic carbocycles. The van der Waals surface area contributed by atoms with Gasteiger partial charge in [0.25, 0.3) is 0 Å². The van der Waals surface area contributed by atoms with Gasteiger partial charge in [0, 0.05) is 39.0 Å². The molecule has 1 aliphatic heterocycles. The molecule has 0 radical (unpaired) electrons. The van der Waals surface area contributed by atoms with E-state index in [4.69, 9.17) is 4.74 Å². The number of ether oxygens (including phenoxy) is 1. The van der Waals surface area contributed by atoms with Gasteiger partial charge in [-0.15, -0.1) is 5.10 Å². The first-order chi connectivity index (χ1) is 16.1. The highest BCUT2D eigenvalue weighted by molar-refractivity contribution is 7.89. The molecule has 1 aliphatic rings. The maximum absolute atomic E-state index is 13.7. The van der Waals surface area contributed by atoms with E-state index in [-0.39, 0.29) is 49.4 Å². The number of likely N-dealkylation sites (N-methyl/N-ethyl adjacent to an activating group) is 1. The molecule has 1 amide bonds. The second-order valence-corrected chi connectivity index (χ2v) is 10.7. The Bertz CT molecular complexity index is 1080. The molecule has 3 atom stereocenters. The van der Waals surface area contributed by atoms with Crippen LogP contribution in [0, 0.1) is 11.7 Å². The standard InChI is InChI=1S/C22H32FN5O5S/c1-16-12-27(17(2)14-29)22(30)8-5-9-28-19(11-24-25-28)15-33-21(16)13-26(3)34(31,32)20-7-4-6-18(23)10-20/h4,6-7,10-11,16-17,21,29H,5,8-9,12-15H2,1-3H3/t16-,17-,21+/m0/s1. The fourth-order valence-electron chi connectivity index (χ4n) is 3.90. The summed E-state index contributed by atoms with van der Waals surface area (Å²) in [6.07, 6.45) is 1.84. The van der Waals surface area contributed by atoms with E-state index in [2.05, 4.69) is 10.3 Å². The van der Waals surface area contributed by atoms with Crippen molar-refractivity contribution >= 4 is 15.9 Å². The molecule has 2 heterocycles. The predicted molar refractivity (Wildman–Crippen MR) is 121 cm³/mol. The van der Waals surface area contributed by atoms with Crippen LogP contribution in [-0.2, 0) is 32.7 Å². The second-order valence-electron chi connectivity index (χ2n) is 8.70. The van der Waals surface area contributed by atoms with Crippen LogP contribution in [0.5, 0.6) is 0 Å². The Kier molecular flexibility index (Phi) is 8.74. The van der Waals surface area contributed by atoms with Gasteiger partial charge in [0.15, 0.2) is 0 Å². The largest absolute Gasteiger partial charge is 0.394 e. The van der Waals surface area contributed by atoms with Crippen LogP contribution in [0.2, 0.25) is 0 Å². The number of rotatable bonds is 6. The molecule has 0 unspecified atom stereocenters. The highest BCUT2D eigenvalue weighted by Gasteiger charge is 2.31. The molecule has 34 heavy (non-hydrogen) atoms. The highest BCUT2D eigenvalue weighted by atomic mass is 32.2. The second kappa shape index (κ2) is 11.3. The molecule has 10 nitrogen and oxygen atoms in total. The zero-order chi connectivity index (χ0) is 24.9. The summed E-state index contributed by atoms with van der Waals surface area (Å²) in [6.45, 7) is 4.37. The van der Waals surface area contributed by atoms with Gasteiger partial charge in [0.1, 0.15) is 5.82 Å². The zero-order valence-electron chi connectivity index (χ0n) is 19.7. The third-order valence-corrected chi connectivity index (χ3v) is 7.90. The number of aromatic nitrogens is 3. The lowest BCUT2D eigenvalue weighted by Gasteiger charge is -2.35. The van der Waals surface area contributed by atoms with Crippen LogP contribution in [0.15, 0.2) is 35.4 Å². The molecule has 1 aromatic carbocycles. The normalized spacial score (nSPS) is 21.6. The van der Waals surface area contributed by atoms with Gasteiger partial charge in [0.2, 0.25) is 15.9 Å². The SMILES string of the molecule is C[C@H]1CN([C@@H](C)CO)C(=O)CCCn2nncc2CO[C@@H]1CN(C)S(=O)(=O)c1cccc(F)c1. The minimum atomic E-state index is -3.97. The number of carbonyl (C=O) groups is 1. The summed E-state index contributed by atoms with van der Waals surface area (Å²) in [7, 11) is -2.55. The third-order valence-electron chi connectivity index (χ3n) is 6.08. The zero-order valence-corrected chi connectivity index (χ0v) is 20.5. The first kappa shape index (κ1) is 26.2. The molecule has 12 heteroatoms. The van der Waals surface area contributed by atoms with E-state index in [0.717, 1.165) is 16.1 Å². The average Bonchev–Trinajstić information content (AvgIpc) is 3.25. The number of aryl methyl sites for hydroxylation is 1. The van der Waals surface area contributed by atoms with Crippen LogP contribution in [-0.4, -0.2) is 82.5 Å². The lowest BCUT2D eigenvalue weighted by Crippen LogP contribution is -2.47. The smallest absolute Gasteiger partial charge is 0.243 e. The maximum atomic E-state index is 13.7. The van der Waals surface area contributed by atoms with E-state index >= 15 is 0 Å². The summed E-state index contributed by atoms with van der Waals surface area (Å²) in [4.78, 5) is 14.4. The molecule has 0 fully saturated rings. The molecule has 0 saturated heterocycles. The van der Waals surface area contributed by atoms with E-state index < -0.39 is 28.0 Å². The lowest BCUT2D eigenvalue weighted by atomic mass is 10.0. The molecular weight excluding hydrogens is 465 g/mol. The molecule has 0 saturated carbocycles. The van der Waals surface area contributed by atoms with Crippen molar-refractivity contribution in [3.8, 4) is 0 Å². The van der Waals surface area contributed by atoms with E-state index in [1.54, 1.807) is 22.7 Å². The summed E-state index contributed by atoms with van der Waals surface area (Å²) in [5.74, 6) is -1.01. The van der Waals surface area contributed by atoms with Crippen LogP contribution in [0.1, 0.15) is 32.4 Å². The summed E-state index contributed by atoms with van der Waals surface area (Å²) in [5, 5.41) is 17.7. The monoisotopic (exact) mass is 497 g/mol. The van der Waals surface area contributed by atoms with Gasteiger partial charge < -0.3 is 14.7 Å². The van der Waals surface area contributed by atoms with E-state index in [1.165, 1.54) is 25.2 Å². The van der Waals surface area contributed by atoms with Crippen molar-refractivity contribution in [2.45, 2.75) is 56.9 Å². The number of amides is 1. The number of hydrogen-bond donors (Lipinski definition) is 1. The Morgan fingerprint density at radius 2 is 2.15 bits per heavy atom. The van der Waals surface area contributed by atoms with E-state index in [9.17, 15) is 22.7 Å². The van der Waals surface area contributed by atoms with Crippen molar-refractivity contribution in [1.82, 2.24) is 24.2 Å². The van der Waals surface area contributed by atoms with Crippen molar-refractivity contribution in [1.29, 1.82) is 0 Å². The number of nitrogens with zero attached hydrogens (tertiary/aromatic N) is 5. The van der Waals surface area contributed by atoms with Gasteiger partial charge >= 0.3 is 0 Å². The number of fused-ring (bicyclic) bond motifs is 1. The van der Waals surface area contributed by atoms with Gasteiger partial charge in [-0.2, -0.15) is 4.31 Å². The predicted octanol–water partition coefficient (Wildman–Crippen LogP) is 1.26. The molecule has 188 valence electrons. The van der Waals surface area contributed by atoms with Gasteiger partial charge in [-0.3, -0.25) is 4.79 Å². The Morgan fingerprint density at radius 3 is 2.85 bits per heavy atom. The molecule has 0 spiro atoms. The van der Waals surface area contributed by atoms with Crippen LogP contribution < -0.4 is 0 Å². The number of aliphatic hydroxyl groups is 1. The minimum Gasteiger partial charge on any atom is -0.394 e. The molecule has 2 aromatic rings. The van der Waals surface area contributed by atoms with E-state index in [1.807, 2.05) is 6.92 Å². The van der Waals surface area contributed by atoms with Gasteiger partial charge in [0.05, 0.1) is 42.1 Å². The molecule has 0 bridgehead atoms. The maximum Gasteiger partial charge on any atom is 0.243 e. The molecule has 1 aromatic heterocycles. The fraction of sp³-hybridized carbons (Fsp3) is 0.591. The topological polar surface area (TPSA) is 118 Å². The molecule has 1 N–H and O–H groups in total. The number of aliphatic hydroxyl groups excluding tert-OH is 1. The number of sulfonamides is 1. The quantitative estimate of drug-likeness (QED) is 0.638. The third kappa shape index (κ3) is 6.17. The van der Waals surface area contributed by atoms with Crippen molar-refractivity contribution in [2.24, 2.45) is 5.92 Å². The fourth-order valence-corrected chi connectivity index (χ4v) is 5.12. The molecule has 3 rings (SSSR count).